The number of likely N-dealkylation sites (tertiary alicyclic amines) is 1. The maximum Gasteiger partial charge on any atom is 0.151 e. The number of carbonyl (C=O) groups excluding carboxylic acids is 1. The highest BCUT2D eigenvalue weighted by Gasteiger charge is 2.32. The fourth-order valence-electron chi connectivity index (χ4n) is 3.54. The van der Waals surface area contributed by atoms with Crippen LogP contribution in [0.4, 0.5) is 0 Å². The number of benzene rings is 2. The van der Waals surface area contributed by atoms with E-state index in [1.54, 1.807) is 24.3 Å². The zero-order valence-corrected chi connectivity index (χ0v) is 15.3. The van der Waals surface area contributed by atoms with Crippen LogP contribution in [0.5, 0.6) is 5.75 Å². The number of Topliss-reactive ketones (excluding diaryl/α,β-unsaturated/α-hetero) is 1. The Morgan fingerprint density at radius 2 is 1.58 bits per heavy atom. The van der Waals surface area contributed by atoms with E-state index in [0.717, 1.165) is 24.2 Å². The molecule has 2 aromatic rings. The molecule has 1 fully saturated rings. The zero-order chi connectivity index (χ0) is 18.6. The van der Waals surface area contributed by atoms with Gasteiger partial charge in [0.15, 0.2) is 5.78 Å². The molecular formula is C22H27NO3. The van der Waals surface area contributed by atoms with Crippen LogP contribution < -0.4 is 0 Å². The smallest absolute Gasteiger partial charge is 0.151 e. The Labute approximate surface area is 155 Å². The predicted molar refractivity (Wildman–Crippen MR) is 102 cm³/mol. The summed E-state index contributed by atoms with van der Waals surface area (Å²) in [7, 11) is 0. The molecule has 0 bridgehead atoms. The van der Waals surface area contributed by atoms with E-state index >= 15 is 0 Å². The molecule has 0 aliphatic carbocycles. The second-order valence-electron chi connectivity index (χ2n) is 7.54. The van der Waals surface area contributed by atoms with Crippen molar-refractivity contribution in [2.24, 2.45) is 0 Å². The Hall–Kier alpha value is -2.17. The fraction of sp³-hybridized carbons (Fsp3) is 0.409. The van der Waals surface area contributed by atoms with Crippen LogP contribution in [0.25, 0.3) is 0 Å². The highest BCUT2D eigenvalue weighted by molar-refractivity contribution is 5.82. The number of phenols is 1. The highest BCUT2D eigenvalue weighted by Crippen LogP contribution is 2.26. The van der Waals surface area contributed by atoms with Crippen LogP contribution in [0.3, 0.4) is 0 Å². The summed E-state index contributed by atoms with van der Waals surface area (Å²) in [5.41, 5.74) is 2.63. The zero-order valence-electron chi connectivity index (χ0n) is 15.3. The molecule has 0 saturated carbocycles. The Morgan fingerprint density at radius 3 is 2.19 bits per heavy atom. The minimum Gasteiger partial charge on any atom is -0.508 e. The summed E-state index contributed by atoms with van der Waals surface area (Å²) in [5, 5.41) is 20.2. The predicted octanol–water partition coefficient (Wildman–Crippen LogP) is 2.88. The Kier molecular flexibility index (Phi) is 5.74. The van der Waals surface area contributed by atoms with Crippen molar-refractivity contribution in [1.82, 2.24) is 4.90 Å². The summed E-state index contributed by atoms with van der Waals surface area (Å²) in [4.78, 5) is 14.4. The maximum absolute atomic E-state index is 12.3. The molecule has 1 saturated heterocycles. The summed E-state index contributed by atoms with van der Waals surface area (Å²) in [5.74, 6) is 0.379. The van der Waals surface area contributed by atoms with Crippen molar-refractivity contribution in [1.29, 1.82) is 0 Å². The van der Waals surface area contributed by atoms with Gasteiger partial charge < -0.3 is 10.2 Å². The van der Waals surface area contributed by atoms with Gasteiger partial charge in [0, 0.05) is 25.9 Å². The molecule has 138 valence electrons. The van der Waals surface area contributed by atoms with Crippen molar-refractivity contribution in [3.8, 4) is 5.75 Å². The molecule has 2 N–H and O–H groups in total. The van der Waals surface area contributed by atoms with Crippen LogP contribution >= 0.6 is 0 Å². The third-order valence-corrected chi connectivity index (χ3v) is 5.18. The van der Waals surface area contributed by atoms with Gasteiger partial charge in [-0.2, -0.15) is 0 Å². The molecule has 0 spiro atoms. The summed E-state index contributed by atoms with van der Waals surface area (Å²) < 4.78 is 0. The molecule has 2 aromatic carbocycles. The maximum atomic E-state index is 12.3. The van der Waals surface area contributed by atoms with Gasteiger partial charge in [0.1, 0.15) is 5.75 Å². The summed E-state index contributed by atoms with van der Waals surface area (Å²) in [6.45, 7) is 3.96. The van der Waals surface area contributed by atoms with E-state index in [0.29, 0.717) is 32.2 Å². The quantitative estimate of drug-likeness (QED) is 0.838. The molecule has 0 atom stereocenters. The van der Waals surface area contributed by atoms with Crippen LogP contribution in [0.1, 0.15) is 29.5 Å². The van der Waals surface area contributed by atoms with E-state index in [1.807, 2.05) is 0 Å². The number of phenolic OH excluding ortho intramolecular Hbond substituents is 1. The van der Waals surface area contributed by atoms with E-state index in [4.69, 9.17) is 0 Å². The number of ketones is 1. The van der Waals surface area contributed by atoms with Crippen molar-refractivity contribution in [2.75, 3.05) is 19.6 Å². The third-order valence-electron chi connectivity index (χ3n) is 5.18. The van der Waals surface area contributed by atoms with Gasteiger partial charge in [0.2, 0.25) is 0 Å². The van der Waals surface area contributed by atoms with E-state index in [1.165, 1.54) is 5.56 Å². The second-order valence-corrected chi connectivity index (χ2v) is 7.54. The fourth-order valence-corrected chi connectivity index (χ4v) is 3.54. The van der Waals surface area contributed by atoms with Crippen molar-refractivity contribution in [2.45, 2.75) is 38.2 Å². The molecule has 1 heterocycles. The first-order valence-electron chi connectivity index (χ1n) is 9.22. The first-order chi connectivity index (χ1) is 12.4. The number of rotatable bonds is 6. The third kappa shape index (κ3) is 5.16. The minimum absolute atomic E-state index is 0.166. The molecule has 4 heteroatoms. The van der Waals surface area contributed by atoms with Crippen molar-refractivity contribution >= 4 is 5.78 Å². The molecular weight excluding hydrogens is 326 g/mol. The molecule has 26 heavy (non-hydrogen) atoms. The molecule has 0 amide bonds. The van der Waals surface area contributed by atoms with Gasteiger partial charge in [-0.05, 0) is 43.0 Å². The molecule has 0 unspecified atom stereocenters. The Morgan fingerprint density at radius 1 is 1.00 bits per heavy atom. The molecule has 0 aromatic heterocycles. The first kappa shape index (κ1) is 18.6. The largest absolute Gasteiger partial charge is 0.508 e. The van der Waals surface area contributed by atoms with Gasteiger partial charge in [-0.15, -0.1) is 0 Å². The van der Waals surface area contributed by atoms with Gasteiger partial charge in [-0.25, -0.2) is 0 Å². The van der Waals surface area contributed by atoms with Crippen molar-refractivity contribution < 1.29 is 15.0 Å². The number of piperidine rings is 1. The van der Waals surface area contributed by atoms with E-state index in [-0.39, 0.29) is 11.5 Å². The molecule has 0 radical (unpaired) electrons. The standard InChI is InChI=1S/C22H27NO3/c1-17-2-4-19(5-3-17)15-22(26)10-12-23(13-11-22)16-21(25)14-18-6-8-20(24)9-7-18/h2-9,24,26H,10-16H2,1H3. The van der Waals surface area contributed by atoms with E-state index in [9.17, 15) is 15.0 Å². The van der Waals surface area contributed by atoms with Gasteiger partial charge in [-0.3, -0.25) is 9.69 Å². The average Bonchev–Trinajstić information content (AvgIpc) is 2.61. The number of nitrogens with zero attached hydrogens (tertiary/aromatic N) is 1. The summed E-state index contributed by atoms with van der Waals surface area (Å²) in [6.07, 6.45) is 2.42. The highest BCUT2D eigenvalue weighted by atomic mass is 16.3. The lowest BCUT2D eigenvalue weighted by Gasteiger charge is -2.38. The number of carbonyl (C=O) groups is 1. The van der Waals surface area contributed by atoms with Gasteiger partial charge >= 0.3 is 0 Å². The van der Waals surface area contributed by atoms with Crippen LogP contribution in [-0.2, 0) is 17.6 Å². The molecule has 4 nitrogen and oxygen atoms in total. The van der Waals surface area contributed by atoms with Crippen molar-refractivity contribution in [3.05, 3.63) is 65.2 Å². The number of hydrogen-bond donors (Lipinski definition) is 2. The van der Waals surface area contributed by atoms with Crippen molar-refractivity contribution in [3.63, 3.8) is 0 Å². The lowest BCUT2D eigenvalue weighted by atomic mass is 9.85. The SMILES string of the molecule is Cc1ccc(CC2(O)CCN(CC(=O)Cc3ccc(O)cc3)CC2)cc1. The molecule has 1 aliphatic heterocycles. The van der Waals surface area contributed by atoms with E-state index < -0.39 is 5.60 Å². The molecule has 1 aliphatic rings. The normalized spacial score (nSPS) is 17.2. The Balaban J connectivity index is 1.47. The average molecular weight is 353 g/mol. The lowest BCUT2D eigenvalue weighted by Crippen LogP contribution is -2.47. The van der Waals surface area contributed by atoms with Crippen LogP contribution in [0.2, 0.25) is 0 Å². The summed E-state index contributed by atoms with van der Waals surface area (Å²) in [6, 6.07) is 15.1. The first-order valence-corrected chi connectivity index (χ1v) is 9.22. The van der Waals surface area contributed by atoms with Gasteiger partial charge in [-0.1, -0.05) is 42.0 Å². The lowest BCUT2D eigenvalue weighted by molar-refractivity contribution is -0.120. The second kappa shape index (κ2) is 8.02. The van der Waals surface area contributed by atoms with Gasteiger partial charge in [0.25, 0.3) is 0 Å². The number of aliphatic hydroxyl groups is 1. The van der Waals surface area contributed by atoms with Crippen LogP contribution in [0, 0.1) is 6.92 Å². The number of hydrogen-bond acceptors (Lipinski definition) is 4. The Bertz CT molecular complexity index is 729. The number of aryl methyl sites for hydroxylation is 1. The number of aromatic hydroxyl groups is 1. The van der Waals surface area contributed by atoms with Gasteiger partial charge in [0.05, 0.1) is 12.1 Å². The summed E-state index contributed by atoms with van der Waals surface area (Å²) >= 11 is 0. The minimum atomic E-state index is -0.675. The van der Waals surface area contributed by atoms with Crippen LogP contribution in [0.15, 0.2) is 48.5 Å². The molecule has 3 rings (SSSR count). The monoisotopic (exact) mass is 353 g/mol. The van der Waals surface area contributed by atoms with Crippen LogP contribution in [-0.4, -0.2) is 46.1 Å². The van der Waals surface area contributed by atoms with E-state index in [2.05, 4.69) is 36.1 Å². The topological polar surface area (TPSA) is 60.8 Å².